The fraction of sp³-hybridized carbons (Fsp3) is 0.357. The molecule has 0 fully saturated rings. The summed E-state index contributed by atoms with van der Waals surface area (Å²) in [6.07, 6.45) is 5.52. The van der Waals surface area contributed by atoms with E-state index in [1.807, 2.05) is 12.1 Å². The van der Waals surface area contributed by atoms with Crippen LogP contribution in [0.2, 0.25) is 0 Å². The highest BCUT2D eigenvalue weighted by molar-refractivity contribution is 5.92. The van der Waals surface area contributed by atoms with Gasteiger partial charge in [0.25, 0.3) is 0 Å². The molecule has 40 heavy (non-hydrogen) atoms. The Morgan fingerprint density at radius 1 is 0.875 bits per heavy atom. The van der Waals surface area contributed by atoms with Gasteiger partial charge in [-0.25, -0.2) is 0 Å². The van der Waals surface area contributed by atoms with Crippen LogP contribution in [0, 0.1) is 0 Å². The highest BCUT2D eigenvalue weighted by Crippen LogP contribution is 2.46. The number of fused-ring (bicyclic) bond motifs is 1. The average Bonchev–Trinajstić information content (AvgIpc) is 3.30. The molecule has 12 heteroatoms. The van der Waals surface area contributed by atoms with Crippen molar-refractivity contribution in [1.82, 2.24) is 10.6 Å². The van der Waals surface area contributed by atoms with Gasteiger partial charge in [0.05, 0.1) is 0 Å². The van der Waals surface area contributed by atoms with Crippen LogP contribution in [0.4, 0.5) is 0 Å². The Bertz CT molecular complexity index is 1240. The molecule has 0 radical (unpaired) electrons. The van der Waals surface area contributed by atoms with Crippen LogP contribution >= 0.6 is 0 Å². The van der Waals surface area contributed by atoms with E-state index in [-0.39, 0.29) is 29.5 Å². The van der Waals surface area contributed by atoms with Gasteiger partial charge in [0.2, 0.25) is 11.8 Å². The molecule has 2 amide bonds. The highest BCUT2D eigenvalue weighted by atomic mass is 16.5. The fourth-order valence-corrected chi connectivity index (χ4v) is 4.25. The Morgan fingerprint density at radius 2 is 1.50 bits per heavy atom. The number of rotatable bonds is 14. The average molecular weight is 551 g/mol. The number of nitrogens with one attached hydrogen (secondary N) is 2. The summed E-state index contributed by atoms with van der Waals surface area (Å²) in [5, 5.41) is 15.5. The molecule has 1 aliphatic heterocycles. The Hall–Kier alpha value is -4.74. The maximum Gasteiger partial charge on any atom is 0.243 e. The minimum atomic E-state index is -0.621. The van der Waals surface area contributed by atoms with Crippen LogP contribution in [0.3, 0.4) is 0 Å². The molecule has 2 aromatic rings. The summed E-state index contributed by atoms with van der Waals surface area (Å²) in [6.45, 7) is 1.97. The molecule has 0 aliphatic carbocycles. The number of aromatic hydroxyl groups is 1. The van der Waals surface area contributed by atoms with Crippen LogP contribution in [-0.4, -0.2) is 55.0 Å². The van der Waals surface area contributed by atoms with Crippen molar-refractivity contribution in [3.63, 3.8) is 0 Å². The SMILES string of the molecule is NC(N)=NCCCCNC(=O)/C=C/c1ccc2c(c1)[C@@H](C(=O)NCCCCN=C(N)N)[C@H](c1ccc(O)cc1)O2. The van der Waals surface area contributed by atoms with Crippen molar-refractivity contribution in [2.24, 2.45) is 32.9 Å². The van der Waals surface area contributed by atoms with Crippen LogP contribution in [0.25, 0.3) is 6.08 Å². The third kappa shape index (κ3) is 9.22. The Kier molecular flexibility index (Phi) is 11.2. The number of carbonyl (C=O) groups is 2. The molecule has 1 aliphatic rings. The van der Waals surface area contributed by atoms with Crippen molar-refractivity contribution in [2.75, 3.05) is 26.2 Å². The van der Waals surface area contributed by atoms with Crippen molar-refractivity contribution >= 4 is 29.8 Å². The van der Waals surface area contributed by atoms with E-state index in [1.165, 1.54) is 6.08 Å². The van der Waals surface area contributed by atoms with Gasteiger partial charge < -0.3 is 43.4 Å². The van der Waals surface area contributed by atoms with Crippen molar-refractivity contribution in [2.45, 2.75) is 37.7 Å². The molecule has 1 heterocycles. The van der Waals surface area contributed by atoms with Crippen molar-refractivity contribution in [3.05, 3.63) is 65.2 Å². The van der Waals surface area contributed by atoms with Crippen molar-refractivity contribution in [3.8, 4) is 11.5 Å². The van der Waals surface area contributed by atoms with E-state index in [4.69, 9.17) is 27.7 Å². The topological polar surface area (TPSA) is 216 Å². The van der Waals surface area contributed by atoms with Gasteiger partial charge in [-0.3, -0.25) is 19.6 Å². The first kappa shape index (κ1) is 29.8. The first-order chi connectivity index (χ1) is 19.2. The first-order valence-corrected chi connectivity index (χ1v) is 13.2. The molecule has 0 spiro atoms. The summed E-state index contributed by atoms with van der Waals surface area (Å²) in [4.78, 5) is 33.5. The second kappa shape index (κ2) is 15.0. The van der Waals surface area contributed by atoms with Gasteiger partial charge in [0.1, 0.15) is 23.5 Å². The van der Waals surface area contributed by atoms with Gasteiger partial charge in [0, 0.05) is 37.8 Å². The van der Waals surface area contributed by atoms with Gasteiger partial charge in [-0.05, 0) is 67.2 Å². The zero-order valence-corrected chi connectivity index (χ0v) is 22.4. The maximum atomic E-state index is 13.4. The first-order valence-electron chi connectivity index (χ1n) is 13.2. The van der Waals surface area contributed by atoms with Crippen LogP contribution in [-0.2, 0) is 9.59 Å². The standard InChI is InChI=1S/C28H38N8O4/c29-27(30)35-15-3-1-13-33-23(38)12-6-18-5-11-22-21(17-18)24(25(40-22)19-7-9-20(37)10-8-19)26(39)34-14-2-4-16-36-28(31)32/h5-12,17,24-25,37H,1-4,13-16H2,(H,33,38)(H,34,39)(H4,29,30,35)(H4,31,32,36)/b12-6+/t24-,25+/m1/s1. The number of phenolic OH excluding ortho intramolecular Hbond substituents is 1. The number of hydrogen-bond acceptors (Lipinski definition) is 6. The van der Waals surface area contributed by atoms with Crippen LogP contribution < -0.4 is 38.3 Å². The summed E-state index contributed by atoms with van der Waals surface area (Å²) >= 11 is 0. The van der Waals surface area contributed by atoms with Gasteiger partial charge >= 0.3 is 0 Å². The number of unbranched alkanes of at least 4 members (excludes halogenated alkanes) is 2. The summed E-state index contributed by atoms with van der Waals surface area (Å²) in [5.74, 6) is -0.213. The summed E-state index contributed by atoms with van der Waals surface area (Å²) in [6, 6.07) is 12.1. The molecule has 0 aromatic heterocycles. The molecule has 3 rings (SSSR count). The third-order valence-corrected chi connectivity index (χ3v) is 6.21. The predicted molar refractivity (Wildman–Crippen MR) is 156 cm³/mol. The van der Waals surface area contributed by atoms with Crippen LogP contribution in [0.5, 0.6) is 11.5 Å². The molecule has 12 nitrogen and oxygen atoms in total. The van der Waals surface area contributed by atoms with E-state index in [2.05, 4.69) is 20.6 Å². The lowest BCUT2D eigenvalue weighted by Crippen LogP contribution is -2.32. The second-order valence-electron chi connectivity index (χ2n) is 9.35. The minimum absolute atomic E-state index is 0.0438. The monoisotopic (exact) mass is 550 g/mol. The van der Waals surface area contributed by atoms with Gasteiger partial charge in [-0.1, -0.05) is 18.2 Å². The third-order valence-electron chi connectivity index (χ3n) is 6.21. The van der Waals surface area contributed by atoms with E-state index >= 15 is 0 Å². The molecule has 0 bridgehead atoms. The number of ether oxygens (including phenoxy) is 1. The van der Waals surface area contributed by atoms with E-state index in [0.29, 0.717) is 38.3 Å². The number of nitrogens with two attached hydrogens (primary N) is 4. The number of aliphatic imine (C=N–C) groups is 2. The lowest BCUT2D eigenvalue weighted by atomic mass is 9.89. The quantitative estimate of drug-likeness (QED) is 0.0776. The zero-order chi connectivity index (χ0) is 28.9. The largest absolute Gasteiger partial charge is 0.508 e. The number of amides is 2. The van der Waals surface area contributed by atoms with Crippen molar-refractivity contribution in [1.29, 1.82) is 0 Å². The van der Waals surface area contributed by atoms with Gasteiger partial charge in [-0.15, -0.1) is 0 Å². The summed E-state index contributed by atoms with van der Waals surface area (Å²) in [5.41, 5.74) is 23.5. The molecule has 11 N–H and O–H groups in total. The molecular formula is C28H38N8O4. The number of carbonyl (C=O) groups excluding carboxylic acids is 2. The van der Waals surface area contributed by atoms with Crippen molar-refractivity contribution < 1.29 is 19.4 Å². The number of nitrogens with zero attached hydrogens (tertiary/aromatic N) is 2. The number of hydrogen-bond donors (Lipinski definition) is 7. The van der Waals surface area contributed by atoms with Crippen LogP contribution in [0.15, 0.2) is 58.5 Å². The smallest absolute Gasteiger partial charge is 0.243 e. The molecule has 2 aromatic carbocycles. The Labute approximate surface area is 233 Å². The molecule has 0 unspecified atom stereocenters. The zero-order valence-electron chi connectivity index (χ0n) is 22.4. The lowest BCUT2D eigenvalue weighted by Gasteiger charge is -2.19. The molecule has 0 saturated carbocycles. The van der Waals surface area contributed by atoms with E-state index in [1.54, 1.807) is 36.4 Å². The molecule has 2 atom stereocenters. The second-order valence-corrected chi connectivity index (χ2v) is 9.35. The number of guanidine groups is 2. The normalized spacial score (nSPS) is 15.6. The minimum Gasteiger partial charge on any atom is -0.508 e. The van der Waals surface area contributed by atoms with E-state index in [9.17, 15) is 14.7 Å². The number of benzene rings is 2. The Morgan fingerprint density at radius 3 is 2.12 bits per heavy atom. The van der Waals surface area contributed by atoms with Gasteiger partial charge in [0.15, 0.2) is 11.9 Å². The summed E-state index contributed by atoms with van der Waals surface area (Å²) < 4.78 is 6.20. The lowest BCUT2D eigenvalue weighted by molar-refractivity contribution is -0.124. The van der Waals surface area contributed by atoms with Gasteiger partial charge in [-0.2, -0.15) is 0 Å². The molecule has 214 valence electrons. The van der Waals surface area contributed by atoms with E-state index < -0.39 is 12.0 Å². The molecular weight excluding hydrogens is 512 g/mol. The number of phenols is 1. The summed E-state index contributed by atoms with van der Waals surface area (Å²) in [7, 11) is 0. The fourth-order valence-electron chi connectivity index (χ4n) is 4.25. The molecule has 0 saturated heterocycles. The predicted octanol–water partition coefficient (Wildman–Crippen LogP) is 0.962. The van der Waals surface area contributed by atoms with Crippen LogP contribution in [0.1, 0.15) is 54.4 Å². The highest BCUT2D eigenvalue weighted by Gasteiger charge is 2.40. The Balaban J connectivity index is 1.67. The van der Waals surface area contributed by atoms with E-state index in [0.717, 1.165) is 36.0 Å². The maximum absolute atomic E-state index is 13.4.